The Morgan fingerprint density at radius 1 is 1.82 bits per heavy atom. The van der Waals surface area contributed by atoms with E-state index in [2.05, 4.69) is 15.9 Å². The van der Waals surface area contributed by atoms with Crippen LogP contribution in [0.15, 0.2) is 0 Å². The van der Waals surface area contributed by atoms with Gasteiger partial charge in [0.25, 0.3) is 0 Å². The van der Waals surface area contributed by atoms with Crippen molar-refractivity contribution in [3.63, 3.8) is 0 Å². The number of amides is 1. The maximum atomic E-state index is 11.3. The summed E-state index contributed by atoms with van der Waals surface area (Å²) in [5, 5.41) is 0. The van der Waals surface area contributed by atoms with Gasteiger partial charge in [-0.15, -0.1) is 0 Å². The second-order valence-electron chi connectivity index (χ2n) is 2.96. The molecule has 64 valence electrons. The van der Waals surface area contributed by atoms with Gasteiger partial charge in [0, 0.05) is 17.9 Å². The van der Waals surface area contributed by atoms with Crippen molar-refractivity contribution in [2.24, 2.45) is 5.73 Å². The number of hydrogen-bond acceptors (Lipinski definition) is 2. The Hall–Kier alpha value is -0.0900. The van der Waals surface area contributed by atoms with Gasteiger partial charge in [0.2, 0.25) is 5.91 Å². The third-order valence-electron chi connectivity index (χ3n) is 1.83. The van der Waals surface area contributed by atoms with E-state index in [1.807, 2.05) is 4.90 Å². The lowest BCUT2D eigenvalue weighted by molar-refractivity contribution is -0.131. The van der Waals surface area contributed by atoms with Crippen molar-refractivity contribution in [2.75, 3.05) is 13.1 Å². The van der Waals surface area contributed by atoms with Gasteiger partial charge < -0.3 is 10.6 Å². The molecule has 0 aromatic heterocycles. The van der Waals surface area contributed by atoms with E-state index in [0.717, 1.165) is 19.5 Å². The lowest BCUT2D eigenvalue weighted by atomic mass is 10.3. The summed E-state index contributed by atoms with van der Waals surface area (Å²) in [4.78, 5) is 13.5. The molecule has 11 heavy (non-hydrogen) atoms. The number of hydrogen-bond donors (Lipinski definition) is 1. The number of carbonyl (C=O) groups is 1. The van der Waals surface area contributed by atoms with Gasteiger partial charge >= 0.3 is 0 Å². The van der Waals surface area contributed by atoms with Gasteiger partial charge in [-0.25, -0.2) is 0 Å². The normalized spacial score (nSPS) is 27.2. The summed E-state index contributed by atoms with van der Waals surface area (Å²) in [6.07, 6.45) is 1.04. The molecule has 1 heterocycles. The predicted octanol–water partition coefficient (Wildman–Crippen LogP) is 0.329. The van der Waals surface area contributed by atoms with Gasteiger partial charge in [0.05, 0.1) is 6.04 Å². The van der Waals surface area contributed by atoms with Gasteiger partial charge in [-0.2, -0.15) is 0 Å². The molecular formula is C7H13BrN2O. The topological polar surface area (TPSA) is 46.3 Å². The van der Waals surface area contributed by atoms with Gasteiger partial charge in [0.15, 0.2) is 0 Å². The van der Waals surface area contributed by atoms with E-state index in [0.29, 0.717) is 4.83 Å². The van der Waals surface area contributed by atoms with Crippen LogP contribution in [0.3, 0.4) is 0 Å². The maximum Gasteiger partial charge on any atom is 0.239 e. The number of alkyl halides is 1. The quantitative estimate of drug-likeness (QED) is 0.648. The van der Waals surface area contributed by atoms with Gasteiger partial charge in [-0.1, -0.05) is 15.9 Å². The van der Waals surface area contributed by atoms with Gasteiger partial charge in [0.1, 0.15) is 0 Å². The number of carbonyl (C=O) groups excluding carboxylic acids is 1. The highest BCUT2D eigenvalue weighted by atomic mass is 79.9. The summed E-state index contributed by atoms with van der Waals surface area (Å²) in [5.74, 6) is 0.0620. The predicted molar refractivity (Wildman–Crippen MR) is 47.6 cm³/mol. The Morgan fingerprint density at radius 3 is 2.82 bits per heavy atom. The molecule has 0 radical (unpaired) electrons. The van der Waals surface area contributed by atoms with E-state index in [1.165, 1.54) is 0 Å². The monoisotopic (exact) mass is 220 g/mol. The Kier molecular flexibility index (Phi) is 2.90. The molecule has 1 fully saturated rings. The molecule has 2 N–H and O–H groups in total. The fourth-order valence-electron chi connectivity index (χ4n) is 1.21. The van der Waals surface area contributed by atoms with E-state index in [9.17, 15) is 4.79 Å². The zero-order valence-corrected chi connectivity index (χ0v) is 8.17. The van der Waals surface area contributed by atoms with Crippen molar-refractivity contribution in [3.8, 4) is 0 Å². The Labute approximate surface area is 75.1 Å². The minimum absolute atomic E-state index is 0.0620. The summed E-state index contributed by atoms with van der Waals surface area (Å²) < 4.78 is 0. The summed E-state index contributed by atoms with van der Waals surface area (Å²) >= 11 is 3.46. The Bertz CT molecular complexity index is 161. The first-order valence-corrected chi connectivity index (χ1v) is 4.71. The lowest BCUT2D eigenvalue weighted by Crippen LogP contribution is -2.40. The number of halogens is 1. The summed E-state index contributed by atoms with van der Waals surface area (Å²) in [5.41, 5.74) is 5.45. The highest BCUT2D eigenvalue weighted by Gasteiger charge is 2.25. The van der Waals surface area contributed by atoms with E-state index < -0.39 is 0 Å². The molecular weight excluding hydrogens is 208 g/mol. The van der Waals surface area contributed by atoms with E-state index in [-0.39, 0.29) is 11.9 Å². The van der Waals surface area contributed by atoms with E-state index >= 15 is 0 Å². The van der Waals surface area contributed by atoms with E-state index in [4.69, 9.17) is 5.73 Å². The van der Waals surface area contributed by atoms with E-state index in [1.54, 1.807) is 6.92 Å². The average molecular weight is 221 g/mol. The highest BCUT2D eigenvalue weighted by Crippen LogP contribution is 2.16. The number of likely N-dealkylation sites (tertiary alicyclic amines) is 1. The minimum Gasteiger partial charge on any atom is -0.340 e. The molecule has 0 aromatic carbocycles. The first-order valence-electron chi connectivity index (χ1n) is 3.79. The van der Waals surface area contributed by atoms with Gasteiger partial charge in [-0.3, -0.25) is 4.79 Å². The molecule has 0 spiro atoms. The summed E-state index contributed by atoms with van der Waals surface area (Å²) in [7, 11) is 0. The first kappa shape index (κ1) is 9.00. The molecule has 3 nitrogen and oxygen atoms in total. The molecule has 1 aliphatic heterocycles. The fraction of sp³-hybridized carbons (Fsp3) is 0.857. The molecule has 0 unspecified atom stereocenters. The summed E-state index contributed by atoms with van der Waals surface area (Å²) in [6.45, 7) is 3.38. The van der Waals surface area contributed by atoms with Gasteiger partial charge in [-0.05, 0) is 13.3 Å². The van der Waals surface area contributed by atoms with Crippen LogP contribution in [0, 0.1) is 0 Å². The Balaban J connectivity index is 2.43. The molecule has 1 amide bonds. The second kappa shape index (κ2) is 3.54. The molecule has 0 saturated carbocycles. The Morgan fingerprint density at radius 2 is 2.45 bits per heavy atom. The smallest absolute Gasteiger partial charge is 0.239 e. The van der Waals surface area contributed by atoms with Crippen LogP contribution < -0.4 is 5.73 Å². The van der Waals surface area contributed by atoms with Crippen molar-refractivity contribution < 1.29 is 4.79 Å². The molecule has 1 aliphatic rings. The standard InChI is InChI=1S/C7H13BrN2O/c1-5(9)7(11)10-3-2-6(8)4-10/h5-6H,2-4,9H2,1H3/t5-,6+/m0/s1. The third-order valence-corrected chi connectivity index (χ3v) is 2.58. The number of nitrogens with two attached hydrogens (primary N) is 1. The van der Waals surface area contributed by atoms with Crippen molar-refractivity contribution in [1.29, 1.82) is 0 Å². The molecule has 0 aliphatic carbocycles. The number of rotatable bonds is 1. The molecule has 0 aromatic rings. The molecule has 1 rings (SSSR count). The van der Waals surface area contributed by atoms with Crippen LogP contribution in [-0.4, -0.2) is 34.8 Å². The highest BCUT2D eigenvalue weighted by molar-refractivity contribution is 9.09. The maximum absolute atomic E-state index is 11.3. The second-order valence-corrected chi connectivity index (χ2v) is 4.25. The minimum atomic E-state index is -0.354. The van der Waals surface area contributed by atoms with Crippen LogP contribution in [0.25, 0.3) is 0 Å². The van der Waals surface area contributed by atoms with Crippen molar-refractivity contribution in [1.82, 2.24) is 4.90 Å². The first-order chi connectivity index (χ1) is 5.11. The van der Waals surface area contributed by atoms with Crippen LogP contribution in [0.2, 0.25) is 0 Å². The zero-order chi connectivity index (χ0) is 8.43. The van der Waals surface area contributed by atoms with Crippen LogP contribution >= 0.6 is 15.9 Å². The van der Waals surface area contributed by atoms with Crippen LogP contribution in [0.1, 0.15) is 13.3 Å². The molecule has 2 atom stereocenters. The zero-order valence-electron chi connectivity index (χ0n) is 6.59. The van der Waals surface area contributed by atoms with Crippen molar-refractivity contribution in [2.45, 2.75) is 24.2 Å². The molecule has 1 saturated heterocycles. The fourth-order valence-corrected chi connectivity index (χ4v) is 1.76. The van der Waals surface area contributed by atoms with Crippen LogP contribution in [-0.2, 0) is 4.79 Å². The van der Waals surface area contributed by atoms with Crippen LogP contribution in [0.4, 0.5) is 0 Å². The summed E-state index contributed by atoms with van der Waals surface area (Å²) in [6, 6.07) is -0.354. The average Bonchev–Trinajstić information content (AvgIpc) is 2.34. The lowest BCUT2D eigenvalue weighted by Gasteiger charge is -2.17. The molecule has 4 heteroatoms. The SMILES string of the molecule is C[C@H](N)C(=O)N1CC[C@@H](Br)C1. The third kappa shape index (κ3) is 2.17. The van der Waals surface area contributed by atoms with Crippen molar-refractivity contribution >= 4 is 21.8 Å². The van der Waals surface area contributed by atoms with Crippen LogP contribution in [0.5, 0.6) is 0 Å². The molecule has 0 bridgehead atoms. The van der Waals surface area contributed by atoms with Crippen molar-refractivity contribution in [3.05, 3.63) is 0 Å². The largest absolute Gasteiger partial charge is 0.340 e. The number of nitrogens with zero attached hydrogens (tertiary/aromatic N) is 1.